The van der Waals surface area contributed by atoms with Gasteiger partial charge >= 0.3 is 19.5 Å². The SMILES string of the molecule is Cc1cccnc1N=[C-]c1ccccc1.[CH2-]CC.[Rh+2]. The van der Waals surface area contributed by atoms with Crippen LogP contribution >= 0.6 is 0 Å². The van der Waals surface area contributed by atoms with Crippen molar-refractivity contribution in [2.75, 3.05) is 0 Å². The molecule has 0 atom stereocenters. The Morgan fingerprint density at radius 1 is 1.16 bits per heavy atom. The molecule has 1 heterocycles. The molecule has 2 rings (SSSR count). The van der Waals surface area contributed by atoms with Gasteiger partial charge in [-0.25, -0.2) is 0 Å². The Morgan fingerprint density at radius 3 is 2.37 bits per heavy atom. The molecule has 1 radical (unpaired) electrons. The molecule has 2 nitrogen and oxygen atoms in total. The Bertz CT molecular complexity index is 481. The Kier molecular flexibility index (Phi) is 9.83. The van der Waals surface area contributed by atoms with Crippen molar-refractivity contribution in [1.29, 1.82) is 0 Å². The smallest absolute Gasteiger partial charge is 0.344 e. The molecule has 2 aromatic rings. The molecule has 0 spiro atoms. The number of aromatic nitrogens is 1. The van der Waals surface area contributed by atoms with Crippen LogP contribution in [0.2, 0.25) is 0 Å². The maximum atomic E-state index is 4.21. The maximum Gasteiger partial charge on any atom is 2.00 e. The van der Waals surface area contributed by atoms with Crippen molar-refractivity contribution in [2.24, 2.45) is 4.99 Å². The summed E-state index contributed by atoms with van der Waals surface area (Å²) in [6, 6.07) is 13.7. The average Bonchev–Trinajstić information content (AvgIpc) is 2.40. The Morgan fingerprint density at radius 2 is 1.79 bits per heavy atom. The van der Waals surface area contributed by atoms with Crippen LogP contribution in [-0.2, 0) is 19.5 Å². The molecule has 0 bridgehead atoms. The predicted octanol–water partition coefficient (Wildman–Crippen LogP) is 4.25. The van der Waals surface area contributed by atoms with Crippen LogP contribution in [0.5, 0.6) is 0 Å². The van der Waals surface area contributed by atoms with Crippen LogP contribution in [0.1, 0.15) is 24.5 Å². The van der Waals surface area contributed by atoms with Gasteiger partial charge in [-0.2, -0.15) is 6.42 Å². The van der Waals surface area contributed by atoms with Gasteiger partial charge in [0.15, 0.2) is 0 Å². The molecule has 0 N–H and O–H groups in total. The van der Waals surface area contributed by atoms with Crippen LogP contribution in [0.3, 0.4) is 0 Å². The summed E-state index contributed by atoms with van der Waals surface area (Å²) in [4.78, 5) is 8.38. The predicted molar refractivity (Wildman–Crippen MR) is 77.3 cm³/mol. The number of nitrogens with zero attached hydrogens (tertiary/aromatic N) is 2. The third-order valence-corrected chi connectivity index (χ3v) is 2.05. The largest absolute Gasteiger partial charge is 2.00 e. The number of benzene rings is 1. The molecule has 0 aliphatic heterocycles. The normalized spacial score (nSPS) is 9.42. The van der Waals surface area contributed by atoms with Crippen LogP contribution in [0, 0.1) is 13.8 Å². The fourth-order valence-electron chi connectivity index (χ4n) is 1.22. The van der Waals surface area contributed by atoms with Gasteiger partial charge in [0.05, 0.1) is 5.82 Å². The van der Waals surface area contributed by atoms with E-state index < -0.39 is 0 Å². The first kappa shape index (κ1) is 17.7. The number of aliphatic imine (C=N–C) groups is 1. The molecule has 0 saturated heterocycles. The van der Waals surface area contributed by atoms with E-state index in [1.807, 2.05) is 56.3 Å². The second-order valence-electron chi connectivity index (χ2n) is 3.73. The van der Waals surface area contributed by atoms with Crippen molar-refractivity contribution >= 4 is 12.0 Å². The molecule has 101 valence electrons. The number of pyridine rings is 1. The molecule has 1 aromatic heterocycles. The minimum atomic E-state index is 0. The first-order valence-corrected chi connectivity index (χ1v) is 6.00. The van der Waals surface area contributed by atoms with Gasteiger partial charge in [0.2, 0.25) is 0 Å². The Balaban J connectivity index is 0.000000742. The van der Waals surface area contributed by atoms with Crippen LogP contribution in [-0.4, -0.2) is 11.2 Å². The molecule has 19 heavy (non-hydrogen) atoms. The van der Waals surface area contributed by atoms with Gasteiger partial charge in [0, 0.05) is 6.20 Å². The molecule has 0 unspecified atom stereocenters. The molecule has 0 aliphatic rings. The molecule has 1 aromatic carbocycles. The quantitative estimate of drug-likeness (QED) is 0.456. The second-order valence-corrected chi connectivity index (χ2v) is 3.73. The molecular weight excluding hydrogens is 323 g/mol. The zero-order valence-corrected chi connectivity index (χ0v) is 12.9. The minimum Gasteiger partial charge on any atom is -0.344 e. The van der Waals surface area contributed by atoms with E-state index in [9.17, 15) is 0 Å². The fourth-order valence-corrected chi connectivity index (χ4v) is 1.22. The summed E-state index contributed by atoms with van der Waals surface area (Å²) in [5, 5.41) is 0. The molecule has 0 aliphatic carbocycles. The summed E-state index contributed by atoms with van der Waals surface area (Å²) in [7, 11) is 0. The van der Waals surface area contributed by atoms with Gasteiger partial charge in [-0.1, -0.05) is 19.1 Å². The number of hydrogen-bond acceptors (Lipinski definition) is 2. The van der Waals surface area contributed by atoms with E-state index in [4.69, 9.17) is 0 Å². The molecule has 0 fully saturated rings. The van der Waals surface area contributed by atoms with Crippen LogP contribution in [0.4, 0.5) is 5.82 Å². The van der Waals surface area contributed by atoms with E-state index in [1.54, 1.807) is 6.20 Å². The van der Waals surface area contributed by atoms with Crippen molar-refractivity contribution in [2.45, 2.75) is 20.3 Å². The summed E-state index contributed by atoms with van der Waals surface area (Å²) in [6.07, 6.45) is 5.70. The van der Waals surface area contributed by atoms with Crippen LogP contribution in [0.25, 0.3) is 0 Å². The first-order chi connectivity index (χ1) is 8.77. The fraction of sp³-hybridized carbons (Fsp3) is 0.188. The van der Waals surface area contributed by atoms with Crippen LogP contribution in [0.15, 0.2) is 53.7 Å². The third kappa shape index (κ3) is 6.98. The van der Waals surface area contributed by atoms with Gasteiger partial charge in [-0.3, -0.25) is 4.98 Å². The van der Waals surface area contributed by atoms with Gasteiger partial charge in [-0.15, -0.1) is 29.8 Å². The van der Waals surface area contributed by atoms with Gasteiger partial charge in [0.1, 0.15) is 0 Å². The van der Waals surface area contributed by atoms with E-state index in [2.05, 4.69) is 23.1 Å². The van der Waals surface area contributed by atoms with E-state index in [-0.39, 0.29) is 19.5 Å². The maximum absolute atomic E-state index is 4.21. The van der Waals surface area contributed by atoms with Crippen molar-refractivity contribution < 1.29 is 19.5 Å². The van der Waals surface area contributed by atoms with Gasteiger partial charge in [0.25, 0.3) is 0 Å². The molecular formula is C16H18N2Rh. The van der Waals surface area contributed by atoms with Crippen molar-refractivity contribution in [3.63, 3.8) is 0 Å². The average molecular weight is 341 g/mol. The van der Waals surface area contributed by atoms with Gasteiger partial charge in [-0.05, 0) is 24.8 Å². The first-order valence-electron chi connectivity index (χ1n) is 6.00. The van der Waals surface area contributed by atoms with Crippen LogP contribution < -0.4 is 0 Å². The van der Waals surface area contributed by atoms with Crippen molar-refractivity contribution in [1.82, 2.24) is 4.98 Å². The van der Waals surface area contributed by atoms with E-state index >= 15 is 0 Å². The third-order valence-electron chi connectivity index (χ3n) is 2.05. The van der Waals surface area contributed by atoms with E-state index in [0.29, 0.717) is 0 Å². The Hall–Kier alpha value is -1.34. The zero-order valence-electron chi connectivity index (χ0n) is 11.3. The number of hydrogen-bond donors (Lipinski definition) is 0. The van der Waals surface area contributed by atoms with E-state index in [0.717, 1.165) is 23.4 Å². The monoisotopic (exact) mass is 341 g/mol. The molecule has 0 saturated carbocycles. The second kappa shape index (κ2) is 10.6. The van der Waals surface area contributed by atoms with Crippen molar-refractivity contribution in [3.8, 4) is 0 Å². The molecule has 3 heteroatoms. The summed E-state index contributed by atoms with van der Waals surface area (Å²) < 4.78 is 0. The summed E-state index contributed by atoms with van der Waals surface area (Å²) >= 11 is 0. The van der Waals surface area contributed by atoms with E-state index in [1.165, 1.54) is 0 Å². The standard InChI is InChI=1S/C13H11N2.C3H7.Rh/c1-11-6-5-9-14-13(11)15-10-12-7-3-2-4-8-12;1-3-2;/h2-9H,1H3;1,3H2,2H3;/q2*-1;+2. The molecule has 0 amide bonds. The topological polar surface area (TPSA) is 25.2 Å². The van der Waals surface area contributed by atoms with Gasteiger partial charge < -0.3 is 11.9 Å². The number of rotatable bonds is 2. The minimum absolute atomic E-state index is 0. The number of aryl methyl sites for hydroxylation is 1. The summed E-state index contributed by atoms with van der Waals surface area (Å²) in [5.41, 5.74) is 2.02. The Labute approximate surface area is 128 Å². The van der Waals surface area contributed by atoms with Crippen molar-refractivity contribution in [3.05, 3.63) is 66.7 Å². The summed E-state index contributed by atoms with van der Waals surface area (Å²) in [5.74, 6) is 0.723. The zero-order chi connectivity index (χ0) is 13.2. The summed E-state index contributed by atoms with van der Waals surface area (Å²) in [6.45, 7) is 7.48.